The molecule has 0 spiro atoms. The average Bonchev–Trinajstić information content (AvgIpc) is 2.34. The van der Waals surface area contributed by atoms with Crippen LogP contribution in [-0.4, -0.2) is 24.3 Å². The number of nitrogens with zero attached hydrogens (tertiary/aromatic N) is 1. The van der Waals surface area contributed by atoms with E-state index in [9.17, 15) is 0 Å². The lowest BCUT2D eigenvalue weighted by Gasteiger charge is -2.13. The van der Waals surface area contributed by atoms with Crippen molar-refractivity contribution in [2.24, 2.45) is 0 Å². The molecule has 0 saturated carbocycles. The van der Waals surface area contributed by atoms with Crippen molar-refractivity contribution in [2.75, 3.05) is 13.2 Å². The Kier molecular flexibility index (Phi) is 5.34. The second-order valence-corrected chi connectivity index (χ2v) is 3.32. The second kappa shape index (κ2) is 6.83. The third-order valence-corrected chi connectivity index (χ3v) is 2.15. The Morgan fingerprint density at radius 2 is 2.25 bits per heavy atom. The zero-order chi connectivity index (χ0) is 11.8. The van der Waals surface area contributed by atoms with E-state index in [-0.39, 0.29) is 19.3 Å². The minimum absolute atomic E-state index is 0.0609. The molecular weight excluding hydrogens is 204 g/mol. The number of aliphatic hydroxyl groups is 1. The van der Waals surface area contributed by atoms with Crippen LogP contribution in [0.25, 0.3) is 0 Å². The summed E-state index contributed by atoms with van der Waals surface area (Å²) in [5.74, 6) is 0.628. The maximum Gasteiger partial charge on any atom is 0.130 e. The van der Waals surface area contributed by atoms with Gasteiger partial charge in [0.25, 0.3) is 0 Å². The minimum Gasteiger partial charge on any atom is -0.490 e. The number of hydrogen-bond acceptors (Lipinski definition) is 4. The van der Waals surface area contributed by atoms with Gasteiger partial charge in [-0.3, -0.25) is 5.32 Å². The van der Waals surface area contributed by atoms with Gasteiger partial charge in [0.15, 0.2) is 0 Å². The summed E-state index contributed by atoms with van der Waals surface area (Å²) >= 11 is 0. The maximum atomic E-state index is 9.08. The molecule has 2 N–H and O–H groups in total. The van der Waals surface area contributed by atoms with Crippen LogP contribution in [0.2, 0.25) is 0 Å². The third-order valence-electron chi connectivity index (χ3n) is 2.15. The molecule has 1 aromatic rings. The van der Waals surface area contributed by atoms with Gasteiger partial charge in [0.1, 0.15) is 18.4 Å². The van der Waals surface area contributed by atoms with Gasteiger partial charge in [-0.2, -0.15) is 5.26 Å². The maximum absolute atomic E-state index is 9.08. The first-order valence-electron chi connectivity index (χ1n) is 5.26. The molecular formula is C12H16N2O2. The fourth-order valence-corrected chi connectivity index (χ4v) is 1.34. The van der Waals surface area contributed by atoms with Crippen LogP contribution in [0.4, 0.5) is 0 Å². The number of rotatable bonds is 6. The second-order valence-electron chi connectivity index (χ2n) is 3.32. The highest BCUT2D eigenvalue weighted by atomic mass is 16.5. The Morgan fingerprint density at radius 1 is 1.50 bits per heavy atom. The van der Waals surface area contributed by atoms with Crippen LogP contribution in [0.3, 0.4) is 0 Å². The van der Waals surface area contributed by atoms with Crippen LogP contribution in [0.15, 0.2) is 24.3 Å². The molecule has 1 aromatic carbocycles. The van der Waals surface area contributed by atoms with Gasteiger partial charge in [0.2, 0.25) is 0 Å². The van der Waals surface area contributed by atoms with E-state index in [0.717, 1.165) is 12.1 Å². The predicted octanol–water partition coefficient (Wildman–Crippen LogP) is 1.06. The van der Waals surface area contributed by atoms with Crippen LogP contribution in [-0.2, 0) is 6.61 Å². The zero-order valence-corrected chi connectivity index (χ0v) is 9.31. The monoisotopic (exact) mass is 220 g/mol. The fourth-order valence-electron chi connectivity index (χ4n) is 1.34. The van der Waals surface area contributed by atoms with Gasteiger partial charge in [0.05, 0.1) is 12.7 Å². The first-order chi connectivity index (χ1) is 7.81. The van der Waals surface area contributed by atoms with Gasteiger partial charge in [-0.05, 0) is 12.6 Å². The van der Waals surface area contributed by atoms with Crippen molar-refractivity contribution in [3.63, 3.8) is 0 Å². The van der Waals surface area contributed by atoms with Crippen LogP contribution in [0.1, 0.15) is 12.5 Å². The summed E-state index contributed by atoms with van der Waals surface area (Å²) in [6, 6.07) is 9.04. The summed E-state index contributed by atoms with van der Waals surface area (Å²) in [5, 5.41) is 20.9. The molecule has 0 aliphatic carbocycles. The van der Waals surface area contributed by atoms with Crippen molar-refractivity contribution >= 4 is 0 Å². The summed E-state index contributed by atoms with van der Waals surface area (Å²) in [6.07, 6.45) is 0. The Bertz CT molecular complexity index is 360. The molecule has 1 rings (SSSR count). The van der Waals surface area contributed by atoms with E-state index in [0.29, 0.717) is 5.75 Å². The standard InChI is InChI=1S/C12H16N2O2/c1-2-14-11(7-13)9-16-12-6-4-3-5-10(12)8-15/h3-6,11,14-15H,2,8-9H2,1H3. The van der Waals surface area contributed by atoms with Gasteiger partial charge in [-0.25, -0.2) is 0 Å². The van der Waals surface area contributed by atoms with E-state index in [1.165, 1.54) is 0 Å². The summed E-state index contributed by atoms with van der Waals surface area (Å²) in [4.78, 5) is 0. The molecule has 4 nitrogen and oxygen atoms in total. The number of ether oxygens (including phenoxy) is 1. The lowest BCUT2D eigenvalue weighted by Crippen LogP contribution is -2.33. The first-order valence-corrected chi connectivity index (χ1v) is 5.26. The molecule has 0 fully saturated rings. The predicted molar refractivity (Wildman–Crippen MR) is 60.9 cm³/mol. The Morgan fingerprint density at radius 3 is 2.88 bits per heavy atom. The van der Waals surface area contributed by atoms with Crippen molar-refractivity contribution in [1.29, 1.82) is 5.26 Å². The Balaban J connectivity index is 2.56. The molecule has 16 heavy (non-hydrogen) atoms. The normalized spacial score (nSPS) is 11.8. The van der Waals surface area contributed by atoms with Gasteiger partial charge in [0, 0.05) is 5.56 Å². The van der Waals surface area contributed by atoms with Gasteiger partial charge >= 0.3 is 0 Å². The van der Waals surface area contributed by atoms with Crippen molar-refractivity contribution in [3.05, 3.63) is 29.8 Å². The first kappa shape index (κ1) is 12.5. The number of aliphatic hydroxyl groups excluding tert-OH is 1. The quantitative estimate of drug-likeness (QED) is 0.752. The van der Waals surface area contributed by atoms with E-state index in [4.69, 9.17) is 15.1 Å². The largest absolute Gasteiger partial charge is 0.490 e. The van der Waals surface area contributed by atoms with Crippen molar-refractivity contribution in [2.45, 2.75) is 19.6 Å². The van der Waals surface area contributed by atoms with E-state index in [1.807, 2.05) is 19.1 Å². The van der Waals surface area contributed by atoms with Crippen LogP contribution in [0.5, 0.6) is 5.75 Å². The molecule has 0 aliphatic rings. The number of hydrogen-bond donors (Lipinski definition) is 2. The molecule has 0 amide bonds. The van der Waals surface area contributed by atoms with Crippen molar-refractivity contribution in [3.8, 4) is 11.8 Å². The molecule has 0 aliphatic heterocycles. The topological polar surface area (TPSA) is 65.3 Å². The lowest BCUT2D eigenvalue weighted by atomic mass is 10.2. The molecule has 0 aromatic heterocycles. The number of likely N-dealkylation sites (N-methyl/N-ethyl adjacent to an activating group) is 1. The highest BCUT2D eigenvalue weighted by Crippen LogP contribution is 2.17. The van der Waals surface area contributed by atoms with E-state index >= 15 is 0 Å². The SMILES string of the molecule is CCNC(C#N)COc1ccccc1CO. The Labute approximate surface area is 95.5 Å². The minimum atomic E-state index is -0.322. The summed E-state index contributed by atoms with van der Waals surface area (Å²) < 4.78 is 5.49. The number of nitrogens with one attached hydrogen (secondary N) is 1. The van der Waals surface area contributed by atoms with E-state index < -0.39 is 0 Å². The zero-order valence-electron chi connectivity index (χ0n) is 9.31. The Hall–Kier alpha value is -1.57. The molecule has 4 heteroatoms. The molecule has 0 radical (unpaired) electrons. The van der Waals surface area contributed by atoms with Gasteiger partial charge in [-0.1, -0.05) is 25.1 Å². The fraction of sp³-hybridized carbons (Fsp3) is 0.417. The average molecular weight is 220 g/mol. The van der Waals surface area contributed by atoms with Crippen LogP contribution >= 0.6 is 0 Å². The van der Waals surface area contributed by atoms with Crippen LogP contribution in [0, 0.1) is 11.3 Å². The number of para-hydroxylation sites is 1. The lowest BCUT2D eigenvalue weighted by molar-refractivity contribution is 0.255. The molecule has 1 atom stereocenters. The molecule has 86 valence electrons. The highest BCUT2D eigenvalue weighted by Gasteiger charge is 2.07. The molecule has 1 unspecified atom stereocenters. The van der Waals surface area contributed by atoms with E-state index in [1.54, 1.807) is 12.1 Å². The molecule has 0 saturated heterocycles. The smallest absolute Gasteiger partial charge is 0.130 e. The number of benzene rings is 1. The van der Waals surface area contributed by atoms with Gasteiger partial charge < -0.3 is 9.84 Å². The van der Waals surface area contributed by atoms with Crippen molar-refractivity contribution in [1.82, 2.24) is 5.32 Å². The molecule has 0 heterocycles. The summed E-state index contributed by atoms with van der Waals surface area (Å²) in [6.45, 7) is 2.88. The number of nitriles is 1. The summed E-state index contributed by atoms with van der Waals surface area (Å²) in [7, 11) is 0. The van der Waals surface area contributed by atoms with Crippen LogP contribution < -0.4 is 10.1 Å². The third kappa shape index (κ3) is 3.54. The molecule has 0 bridgehead atoms. The van der Waals surface area contributed by atoms with Crippen molar-refractivity contribution < 1.29 is 9.84 Å². The van der Waals surface area contributed by atoms with E-state index in [2.05, 4.69) is 11.4 Å². The summed E-state index contributed by atoms with van der Waals surface area (Å²) in [5.41, 5.74) is 0.732. The highest BCUT2D eigenvalue weighted by molar-refractivity contribution is 5.32. The van der Waals surface area contributed by atoms with Gasteiger partial charge in [-0.15, -0.1) is 0 Å².